The summed E-state index contributed by atoms with van der Waals surface area (Å²) in [6, 6.07) is 0. The maximum atomic E-state index is 12.9. The number of carbonyl (C=O) groups is 3. The minimum absolute atomic E-state index is 0.0745. The van der Waals surface area contributed by atoms with Gasteiger partial charge in [-0.3, -0.25) is 14.4 Å². The number of esters is 3. The van der Waals surface area contributed by atoms with Gasteiger partial charge in [0, 0.05) is 19.3 Å². The van der Waals surface area contributed by atoms with Gasteiger partial charge >= 0.3 is 17.9 Å². The molecule has 1 atom stereocenters. The smallest absolute Gasteiger partial charge is 0.306 e. The maximum absolute atomic E-state index is 12.9. The molecule has 0 spiro atoms. The molecule has 0 aliphatic carbocycles. The number of ether oxygens (including phenoxy) is 3. The fraction of sp³-hybridized carbons (Fsp3) is 0.767. The first-order valence-electron chi connectivity index (χ1n) is 34.1. The van der Waals surface area contributed by atoms with E-state index >= 15 is 0 Å². The van der Waals surface area contributed by atoms with Crippen molar-refractivity contribution in [1.82, 2.24) is 0 Å². The highest BCUT2D eigenvalue weighted by Crippen LogP contribution is 2.17. The quantitative estimate of drug-likeness (QED) is 0.0261. The third-order valence-electron chi connectivity index (χ3n) is 14.9. The zero-order valence-corrected chi connectivity index (χ0v) is 52.4. The Morgan fingerprint density at radius 2 is 0.506 bits per heavy atom. The lowest BCUT2D eigenvalue weighted by Crippen LogP contribution is -2.30. The Balaban J connectivity index is 4.14. The Morgan fingerprint density at radius 3 is 0.823 bits per heavy atom. The van der Waals surface area contributed by atoms with Crippen molar-refractivity contribution in [2.24, 2.45) is 0 Å². The average Bonchev–Trinajstić information content (AvgIpc) is 3.45. The van der Waals surface area contributed by atoms with E-state index in [1.54, 1.807) is 0 Å². The molecule has 0 saturated heterocycles. The zero-order chi connectivity index (χ0) is 57.1. The van der Waals surface area contributed by atoms with Crippen molar-refractivity contribution >= 4 is 17.9 Å². The van der Waals surface area contributed by atoms with Crippen LogP contribution >= 0.6 is 0 Å². The molecule has 0 heterocycles. The second-order valence-electron chi connectivity index (χ2n) is 22.7. The minimum atomic E-state index is -0.777. The highest BCUT2D eigenvalue weighted by molar-refractivity contribution is 5.71. The highest BCUT2D eigenvalue weighted by atomic mass is 16.6. The van der Waals surface area contributed by atoms with Crippen molar-refractivity contribution in [2.75, 3.05) is 13.2 Å². The third kappa shape index (κ3) is 65.3. The molecule has 456 valence electrons. The van der Waals surface area contributed by atoms with E-state index in [4.69, 9.17) is 14.2 Å². The van der Waals surface area contributed by atoms with Gasteiger partial charge in [0.15, 0.2) is 6.10 Å². The molecule has 0 aromatic carbocycles. The van der Waals surface area contributed by atoms with Gasteiger partial charge in [0.05, 0.1) is 0 Å². The van der Waals surface area contributed by atoms with Crippen molar-refractivity contribution in [2.45, 2.75) is 348 Å². The summed E-state index contributed by atoms with van der Waals surface area (Å²) >= 11 is 0. The minimum Gasteiger partial charge on any atom is -0.462 e. The van der Waals surface area contributed by atoms with Gasteiger partial charge in [-0.25, -0.2) is 0 Å². The van der Waals surface area contributed by atoms with Crippen LogP contribution in [0.1, 0.15) is 342 Å². The number of unbranched alkanes of at least 4 members (excludes halogenated alkanes) is 37. The van der Waals surface area contributed by atoms with Crippen LogP contribution < -0.4 is 0 Å². The van der Waals surface area contributed by atoms with E-state index in [2.05, 4.69) is 106 Å². The Hall–Kier alpha value is -3.41. The second kappa shape index (κ2) is 67.1. The fourth-order valence-corrected chi connectivity index (χ4v) is 9.78. The lowest BCUT2D eigenvalue weighted by atomic mass is 10.0. The molecule has 6 nitrogen and oxygen atoms in total. The van der Waals surface area contributed by atoms with Gasteiger partial charge in [-0.05, 0) is 89.9 Å². The van der Waals surface area contributed by atoms with Crippen LogP contribution in [-0.2, 0) is 28.6 Å². The SMILES string of the molecule is CC/C=C\C/C=C\C/C=C\C/C=C\C/C=C\C/C=C\CCCCCCCCCCCCCCCCC(=O)OCC(COC(=O)CCCCCCC/C=C\CCCC)OC(=O)CCCCCCCCCCCCCCCCCCC. The summed E-state index contributed by atoms with van der Waals surface area (Å²) in [7, 11) is 0. The summed E-state index contributed by atoms with van der Waals surface area (Å²) in [5.74, 6) is -0.867. The summed E-state index contributed by atoms with van der Waals surface area (Å²) in [6.45, 7) is 6.52. The van der Waals surface area contributed by atoms with Gasteiger partial charge in [0.1, 0.15) is 13.2 Å². The van der Waals surface area contributed by atoms with Gasteiger partial charge in [-0.15, -0.1) is 0 Å². The monoisotopic (exact) mass is 1100 g/mol. The molecule has 0 amide bonds. The summed E-state index contributed by atoms with van der Waals surface area (Å²) in [6.07, 6.45) is 89.0. The Bertz CT molecular complexity index is 1500. The lowest BCUT2D eigenvalue weighted by molar-refractivity contribution is -0.167. The van der Waals surface area contributed by atoms with Crippen LogP contribution in [0, 0.1) is 0 Å². The molecule has 0 aromatic heterocycles. The summed E-state index contributed by atoms with van der Waals surface area (Å²) in [4.78, 5) is 38.3. The first kappa shape index (κ1) is 75.6. The molecular formula is C73H128O6. The summed E-state index contributed by atoms with van der Waals surface area (Å²) < 4.78 is 16.9. The number of allylic oxidation sites excluding steroid dienone is 14. The van der Waals surface area contributed by atoms with Crippen molar-refractivity contribution < 1.29 is 28.6 Å². The van der Waals surface area contributed by atoms with Crippen LogP contribution in [0.3, 0.4) is 0 Å². The summed E-state index contributed by atoms with van der Waals surface area (Å²) in [5, 5.41) is 0. The molecule has 0 N–H and O–H groups in total. The van der Waals surface area contributed by atoms with Crippen LogP contribution in [0.2, 0.25) is 0 Å². The molecule has 6 heteroatoms. The first-order valence-corrected chi connectivity index (χ1v) is 34.1. The molecule has 0 saturated carbocycles. The predicted octanol–water partition coefficient (Wildman–Crippen LogP) is 23.4. The molecule has 1 unspecified atom stereocenters. The molecule has 0 aliphatic rings. The molecule has 0 fully saturated rings. The molecule has 0 aromatic rings. The van der Waals surface area contributed by atoms with Gasteiger partial charge in [0.25, 0.3) is 0 Å². The van der Waals surface area contributed by atoms with Gasteiger partial charge in [-0.2, -0.15) is 0 Å². The molecule has 0 aliphatic heterocycles. The lowest BCUT2D eigenvalue weighted by Gasteiger charge is -2.18. The number of rotatable bonds is 62. The molecule has 0 bridgehead atoms. The van der Waals surface area contributed by atoms with E-state index in [0.717, 1.165) is 103 Å². The zero-order valence-electron chi connectivity index (χ0n) is 52.4. The first-order chi connectivity index (χ1) is 39.0. The number of hydrogen-bond acceptors (Lipinski definition) is 6. The van der Waals surface area contributed by atoms with E-state index < -0.39 is 6.10 Å². The van der Waals surface area contributed by atoms with Gasteiger partial charge in [-0.1, -0.05) is 318 Å². The molecule has 0 rings (SSSR count). The Kier molecular flexibility index (Phi) is 64.2. The van der Waals surface area contributed by atoms with Gasteiger partial charge in [0.2, 0.25) is 0 Å². The van der Waals surface area contributed by atoms with E-state index in [1.807, 2.05) is 0 Å². The van der Waals surface area contributed by atoms with E-state index in [1.165, 1.54) is 199 Å². The molecule has 0 radical (unpaired) electrons. The van der Waals surface area contributed by atoms with Crippen molar-refractivity contribution in [3.63, 3.8) is 0 Å². The Labute approximate surface area is 490 Å². The van der Waals surface area contributed by atoms with Crippen molar-refractivity contribution in [1.29, 1.82) is 0 Å². The molecule has 79 heavy (non-hydrogen) atoms. The fourth-order valence-electron chi connectivity index (χ4n) is 9.78. The second-order valence-corrected chi connectivity index (χ2v) is 22.7. The normalized spacial score (nSPS) is 12.6. The van der Waals surface area contributed by atoms with Crippen LogP contribution in [0.25, 0.3) is 0 Å². The topological polar surface area (TPSA) is 78.9 Å². The van der Waals surface area contributed by atoms with Crippen molar-refractivity contribution in [3.05, 3.63) is 85.1 Å². The van der Waals surface area contributed by atoms with Crippen LogP contribution in [-0.4, -0.2) is 37.2 Å². The Morgan fingerprint density at radius 1 is 0.266 bits per heavy atom. The van der Waals surface area contributed by atoms with Crippen LogP contribution in [0.5, 0.6) is 0 Å². The predicted molar refractivity (Wildman–Crippen MR) is 344 cm³/mol. The largest absolute Gasteiger partial charge is 0.462 e. The molecular weight excluding hydrogens is 973 g/mol. The average molecular weight is 1100 g/mol. The number of carbonyl (C=O) groups excluding carboxylic acids is 3. The summed E-state index contributed by atoms with van der Waals surface area (Å²) in [5.41, 5.74) is 0. The highest BCUT2D eigenvalue weighted by Gasteiger charge is 2.19. The third-order valence-corrected chi connectivity index (χ3v) is 14.9. The standard InChI is InChI=1S/C73H128O6/c1-4-7-10-13-16-19-22-24-26-28-29-30-31-32-33-34-35-36-37-38-39-40-41-42-43-45-46-48-51-54-57-60-63-66-72(75)78-69-70(68-77-71(74)65-62-59-56-53-50-21-18-15-12-9-6-3)79-73(76)67-64-61-58-55-52-49-47-44-27-25-23-20-17-14-11-8-5-2/h7,10,15-16,18-19,24,26,29-30,32-33,35-36,70H,4-6,8-9,11-14,17,20-23,25,27-28,31,34,37-69H2,1-3H3/b10-7-,18-15-,19-16-,26-24-,30-29-,33-32-,36-35-. The van der Waals surface area contributed by atoms with E-state index in [-0.39, 0.29) is 31.1 Å². The maximum Gasteiger partial charge on any atom is 0.306 e. The van der Waals surface area contributed by atoms with Crippen LogP contribution in [0.15, 0.2) is 85.1 Å². The van der Waals surface area contributed by atoms with Crippen LogP contribution in [0.4, 0.5) is 0 Å². The number of hydrogen-bond donors (Lipinski definition) is 0. The van der Waals surface area contributed by atoms with E-state index in [0.29, 0.717) is 19.3 Å². The van der Waals surface area contributed by atoms with Crippen molar-refractivity contribution in [3.8, 4) is 0 Å². The van der Waals surface area contributed by atoms with Gasteiger partial charge < -0.3 is 14.2 Å². The van der Waals surface area contributed by atoms with E-state index in [9.17, 15) is 14.4 Å².